The molecular formula is C15H19N3O2S. The minimum atomic E-state index is -0.265. The number of piperazine rings is 2. The van der Waals surface area contributed by atoms with Crippen molar-refractivity contribution in [1.29, 1.82) is 0 Å². The van der Waals surface area contributed by atoms with Gasteiger partial charge in [0.05, 0.1) is 0 Å². The molecule has 2 atom stereocenters. The number of carbonyl (C=O) groups is 2. The van der Waals surface area contributed by atoms with E-state index in [2.05, 4.69) is 21.7 Å². The van der Waals surface area contributed by atoms with Crippen molar-refractivity contribution in [2.75, 3.05) is 26.2 Å². The Labute approximate surface area is 128 Å². The molecular weight excluding hydrogens is 286 g/mol. The van der Waals surface area contributed by atoms with Crippen LogP contribution in [0.25, 0.3) is 0 Å². The maximum Gasteiger partial charge on any atom is 0.247 e. The van der Waals surface area contributed by atoms with E-state index in [4.69, 9.17) is 0 Å². The van der Waals surface area contributed by atoms with Gasteiger partial charge in [-0.15, -0.1) is 0 Å². The van der Waals surface area contributed by atoms with Crippen molar-refractivity contribution in [3.63, 3.8) is 0 Å². The molecule has 0 N–H and O–H groups in total. The van der Waals surface area contributed by atoms with Crippen LogP contribution in [0.3, 0.4) is 0 Å². The number of nitrogens with zero attached hydrogens (tertiary/aromatic N) is 3. The number of rotatable bonds is 2. The summed E-state index contributed by atoms with van der Waals surface area (Å²) < 4.78 is 0. The number of hydrogen-bond acceptors (Lipinski definition) is 4. The number of amides is 2. The van der Waals surface area contributed by atoms with Crippen LogP contribution in [0, 0.1) is 0 Å². The van der Waals surface area contributed by atoms with Gasteiger partial charge in [0.25, 0.3) is 0 Å². The van der Waals surface area contributed by atoms with Crippen molar-refractivity contribution in [2.24, 2.45) is 0 Å². The lowest BCUT2D eigenvalue weighted by molar-refractivity contribution is -0.163. The third kappa shape index (κ3) is 2.17. The zero-order valence-electron chi connectivity index (χ0n) is 11.9. The van der Waals surface area contributed by atoms with Crippen molar-refractivity contribution in [1.82, 2.24) is 14.7 Å². The van der Waals surface area contributed by atoms with E-state index in [1.54, 1.807) is 11.3 Å². The molecule has 0 radical (unpaired) electrons. The van der Waals surface area contributed by atoms with E-state index in [1.807, 2.05) is 9.80 Å². The second-order valence-corrected chi connectivity index (χ2v) is 6.88. The van der Waals surface area contributed by atoms with Gasteiger partial charge >= 0.3 is 0 Å². The Morgan fingerprint density at radius 2 is 1.90 bits per heavy atom. The van der Waals surface area contributed by atoms with E-state index in [9.17, 15) is 9.59 Å². The van der Waals surface area contributed by atoms with Gasteiger partial charge in [0.2, 0.25) is 11.8 Å². The molecule has 1 aromatic rings. The molecule has 3 fully saturated rings. The summed E-state index contributed by atoms with van der Waals surface area (Å²) in [4.78, 5) is 31.1. The quantitative estimate of drug-likeness (QED) is 0.810. The van der Waals surface area contributed by atoms with E-state index < -0.39 is 0 Å². The van der Waals surface area contributed by atoms with E-state index in [-0.39, 0.29) is 23.9 Å². The minimum absolute atomic E-state index is 0.159. The molecule has 2 amide bonds. The Balaban J connectivity index is 1.51. The Morgan fingerprint density at radius 1 is 1.10 bits per heavy atom. The van der Waals surface area contributed by atoms with Gasteiger partial charge in [-0.05, 0) is 35.2 Å². The van der Waals surface area contributed by atoms with Crippen molar-refractivity contribution in [2.45, 2.75) is 31.5 Å². The number of carbonyl (C=O) groups excluding carboxylic acids is 2. The first-order valence-electron chi connectivity index (χ1n) is 7.58. The van der Waals surface area contributed by atoms with E-state index in [0.717, 1.165) is 32.5 Å². The molecule has 21 heavy (non-hydrogen) atoms. The second kappa shape index (κ2) is 5.10. The average Bonchev–Trinajstić information content (AvgIpc) is 3.16. The Hall–Kier alpha value is -1.40. The lowest BCUT2D eigenvalue weighted by atomic mass is 10.0. The highest BCUT2D eigenvalue weighted by Crippen LogP contribution is 2.29. The molecule has 3 saturated heterocycles. The van der Waals surface area contributed by atoms with Crippen LogP contribution in [0.2, 0.25) is 0 Å². The molecule has 0 saturated carbocycles. The van der Waals surface area contributed by atoms with Gasteiger partial charge in [0.1, 0.15) is 12.1 Å². The highest BCUT2D eigenvalue weighted by Gasteiger charge is 2.49. The summed E-state index contributed by atoms with van der Waals surface area (Å²) in [5.41, 5.74) is 1.29. The standard InChI is InChI=1S/C15H19N3O2S/c19-14-12-2-1-4-17(12)15(20)13-9-16(5-6-18(13)14)8-11-3-7-21-10-11/h3,7,10,12-13H,1-2,4-6,8-9H2/t12-,13+/m0/s1. The number of hydrogen-bond donors (Lipinski definition) is 0. The molecule has 0 aromatic carbocycles. The van der Waals surface area contributed by atoms with Crippen LogP contribution in [0.1, 0.15) is 18.4 Å². The van der Waals surface area contributed by atoms with Gasteiger partial charge in [-0.3, -0.25) is 14.5 Å². The summed E-state index contributed by atoms with van der Waals surface area (Å²) in [6.07, 6.45) is 1.80. The van der Waals surface area contributed by atoms with Crippen LogP contribution in [-0.4, -0.2) is 64.8 Å². The van der Waals surface area contributed by atoms with Gasteiger partial charge in [0.15, 0.2) is 0 Å². The average molecular weight is 305 g/mol. The van der Waals surface area contributed by atoms with Crippen LogP contribution in [0.4, 0.5) is 0 Å². The largest absolute Gasteiger partial charge is 0.329 e. The van der Waals surface area contributed by atoms with Crippen molar-refractivity contribution in [3.8, 4) is 0 Å². The fourth-order valence-electron chi connectivity index (χ4n) is 3.77. The van der Waals surface area contributed by atoms with Gasteiger partial charge in [0, 0.05) is 32.7 Å². The summed E-state index contributed by atoms with van der Waals surface area (Å²) in [6.45, 7) is 3.84. The highest BCUT2D eigenvalue weighted by atomic mass is 32.1. The smallest absolute Gasteiger partial charge is 0.247 e. The van der Waals surface area contributed by atoms with Gasteiger partial charge < -0.3 is 9.80 Å². The first-order chi connectivity index (χ1) is 10.2. The van der Waals surface area contributed by atoms with Crippen LogP contribution in [0.15, 0.2) is 16.8 Å². The predicted molar refractivity (Wildman–Crippen MR) is 79.8 cm³/mol. The maximum atomic E-state index is 12.6. The minimum Gasteiger partial charge on any atom is -0.329 e. The fourth-order valence-corrected chi connectivity index (χ4v) is 4.43. The third-order valence-corrected chi connectivity index (χ3v) is 5.57. The van der Waals surface area contributed by atoms with Crippen LogP contribution in [-0.2, 0) is 16.1 Å². The molecule has 1 aromatic heterocycles. The fraction of sp³-hybridized carbons (Fsp3) is 0.600. The lowest BCUT2D eigenvalue weighted by Gasteiger charge is -2.47. The third-order valence-electron chi connectivity index (χ3n) is 4.84. The summed E-state index contributed by atoms with van der Waals surface area (Å²) in [7, 11) is 0. The van der Waals surface area contributed by atoms with Crippen molar-refractivity contribution in [3.05, 3.63) is 22.4 Å². The van der Waals surface area contributed by atoms with Crippen LogP contribution < -0.4 is 0 Å². The molecule has 3 aliphatic rings. The monoisotopic (exact) mass is 305 g/mol. The summed E-state index contributed by atoms with van der Waals surface area (Å²) in [5, 5.41) is 4.23. The molecule has 4 rings (SSSR count). The van der Waals surface area contributed by atoms with Crippen LogP contribution in [0.5, 0.6) is 0 Å². The molecule has 0 unspecified atom stereocenters. The van der Waals surface area contributed by atoms with Gasteiger partial charge in [-0.1, -0.05) is 0 Å². The molecule has 112 valence electrons. The van der Waals surface area contributed by atoms with Crippen molar-refractivity contribution < 1.29 is 9.59 Å². The van der Waals surface area contributed by atoms with E-state index in [0.29, 0.717) is 13.1 Å². The number of thiophene rings is 1. The lowest BCUT2D eigenvalue weighted by Crippen LogP contribution is -2.68. The summed E-state index contributed by atoms with van der Waals surface area (Å²) in [5.74, 6) is 0.333. The summed E-state index contributed by atoms with van der Waals surface area (Å²) in [6, 6.07) is 1.69. The van der Waals surface area contributed by atoms with Crippen molar-refractivity contribution >= 4 is 23.2 Å². The first-order valence-corrected chi connectivity index (χ1v) is 8.53. The second-order valence-electron chi connectivity index (χ2n) is 6.10. The maximum absolute atomic E-state index is 12.6. The van der Waals surface area contributed by atoms with Crippen LogP contribution >= 0.6 is 11.3 Å². The molecule has 6 heteroatoms. The Morgan fingerprint density at radius 3 is 2.71 bits per heavy atom. The zero-order chi connectivity index (χ0) is 14.4. The normalized spacial score (nSPS) is 29.7. The Bertz CT molecular complexity index is 559. The molecule has 5 nitrogen and oxygen atoms in total. The molecule has 0 bridgehead atoms. The van der Waals surface area contributed by atoms with Gasteiger partial charge in [-0.25, -0.2) is 0 Å². The molecule has 4 heterocycles. The topological polar surface area (TPSA) is 43.9 Å². The first kappa shape index (κ1) is 13.3. The van der Waals surface area contributed by atoms with E-state index >= 15 is 0 Å². The highest BCUT2D eigenvalue weighted by molar-refractivity contribution is 7.07. The zero-order valence-corrected chi connectivity index (χ0v) is 12.7. The SMILES string of the molecule is O=C1[C@@H]2CCCN2C(=O)[C@H]2CN(Cc3ccsc3)CCN12. The van der Waals surface area contributed by atoms with E-state index in [1.165, 1.54) is 5.56 Å². The van der Waals surface area contributed by atoms with Gasteiger partial charge in [-0.2, -0.15) is 11.3 Å². The predicted octanol–water partition coefficient (Wildman–Crippen LogP) is 0.765. The molecule has 3 aliphatic heterocycles. The Kier molecular flexibility index (Phi) is 3.23. The molecule has 0 spiro atoms. The number of fused-ring (bicyclic) bond motifs is 2. The summed E-state index contributed by atoms with van der Waals surface area (Å²) >= 11 is 1.70. The molecule has 0 aliphatic carbocycles.